The molecule has 3 N–H and O–H groups in total. The summed E-state index contributed by atoms with van der Waals surface area (Å²) in [5, 5.41) is -0.611. The Balaban J connectivity index is 2.07. The van der Waals surface area contributed by atoms with Crippen LogP contribution in [-0.2, 0) is 26.4 Å². The van der Waals surface area contributed by atoms with Crippen LogP contribution in [0.5, 0.6) is 0 Å². The molecule has 1 aromatic carbocycles. The average Bonchev–Trinajstić information content (AvgIpc) is 2.75. The number of rotatable bonds is 5. The Bertz CT molecular complexity index is 666. The van der Waals surface area contributed by atoms with Crippen LogP contribution in [0.1, 0.15) is 18.4 Å². The van der Waals surface area contributed by atoms with E-state index in [0.717, 1.165) is 5.56 Å². The fourth-order valence-electron chi connectivity index (χ4n) is 2.18. The number of benzene rings is 1. The zero-order valence-corrected chi connectivity index (χ0v) is 12.6. The molecule has 0 bridgehead atoms. The maximum absolute atomic E-state index is 12.1. The third-order valence-electron chi connectivity index (χ3n) is 3.43. The van der Waals surface area contributed by atoms with E-state index in [4.69, 9.17) is 5.73 Å². The van der Waals surface area contributed by atoms with Gasteiger partial charge in [-0.2, -0.15) is 0 Å². The van der Waals surface area contributed by atoms with Crippen LogP contribution >= 0.6 is 0 Å². The van der Waals surface area contributed by atoms with Crippen molar-refractivity contribution < 1.29 is 16.8 Å². The monoisotopic (exact) mass is 318 g/mol. The fraction of sp³-hybridized carbons (Fsp3) is 0.500. The first kappa shape index (κ1) is 15.4. The van der Waals surface area contributed by atoms with Crippen molar-refractivity contribution in [3.8, 4) is 0 Å². The topological polar surface area (TPSA) is 106 Å². The van der Waals surface area contributed by atoms with Crippen LogP contribution in [0.3, 0.4) is 0 Å². The lowest BCUT2D eigenvalue weighted by Crippen LogP contribution is -2.34. The molecule has 1 heterocycles. The van der Waals surface area contributed by atoms with Gasteiger partial charge in [0.05, 0.1) is 15.9 Å². The van der Waals surface area contributed by atoms with Gasteiger partial charge in [0.15, 0.2) is 9.84 Å². The number of nitrogens with one attached hydrogen (secondary N) is 1. The predicted molar refractivity (Wildman–Crippen MR) is 76.3 cm³/mol. The van der Waals surface area contributed by atoms with Crippen LogP contribution in [-0.4, -0.2) is 34.4 Å². The molecule has 2 rings (SSSR count). The van der Waals surface area contributed by atoms with Gasteiger partial charge in [0.1, 0.15) is 0 Å². The molecule has 6 nitrogen and oxygen atoms in total. The van der Waals surface area contributed by atoms with Crippen molar-refractivity contribution in [3.63, 3.8) is 0 Å². The molecule has 1 aromatic rings. The highest BCUT2D eigenvalue weighted by Crippen LogP contribution is 2.20. The Labute approximate surface area is 119 Å². The van der Waals surface area contributed by atoms with Gasteiger partial charge in [-0.1, -0.05) is 12.1 Å². The minimum atomic E-state index is -3.68. The highest BCUT2D eigenvalue weighted by Gasteiger charge is 2.32. The molecule has 20 heavy (non-hydrogen) atoms. The molecule has 0 spiro atoms. The molecular formula is C12H18N2O4S2. The number of nitrogens with two attached hydrogens (primary N) is 1. The van der Waals surface area contributed by atoms with Crippen molar-refractivity contribution in [1.29, 1.82) is 0 Å². The maximum Gasteiger partial charge on any atom is 0.240 e. The molecule has 0 aromatic heterocycles. The second-order valence-corrected chi connectivity index (χ2v) is 9.00. The minimum Gasteiger partial charge on any atom is -0.326 e. The summed E-state index contributed by atoms with van der Waals surface area (Å²) in [5.74, 6) is 0.143. The van der Waals surface area contributed by atoms with Gasteiger partial charge in [-0.15, -0.1) is 0 Å². The van der Waals surface area contributed by atoms with Gasteiger partial charge in [-0.3, -0.25) is 0 Å². The van der Waals surface area contributed by atoms with Gasteiger partial charge in [0.25, 0.3) is 0 Å². The minimum absolute atomic E-state index is 0.0662. The summed E-state index contributed by atoms with van der Waals surface area (Å²) in [6.45, 7) is 0.275. The Kier molecular flexibility index (Phi) is 4.48. The van der Waals surface area contributed by atoms with E-state index in [2.05, 4.69) is 4.72 Å². The van der Waals surface area contributed by atoms with E-state index in [1.807, 2.05) is 0 Å². The molecule has 0 saturated carbocycles. The smallest absolute Gasteiger partial charge is 0.240 e. The maximum atomic E-state index is 12.1. The number of hydrogen-bond donors (Lipinski definition) is 2. The third-order valence-corrected chi connectivity index (χ3v) is 7.15. The third kappa shape index (κ3) is 3.38. The van der Waals surface area contributed by atoms with Gasteiger partial charge >= 0.3 is 0 Å². The molecule has 8 heteroatoms. The fourth-order valence-corrected chi connectivity index (χ4v) is 5.13. The first-order valence-electron chi connectivity index (χ1n) is 6.35. The largest absolute Gasteiger partial charge is 0.326 e. The zero-order chi connectivity index (χ0) is 14.8. The standard InChI is InChI=1S/C12H18N2O4S2/c13-8-10-3-5-11(6-4-10)20(17,18)14-9-12-2-1-7-19(12,15)16/h3-6,12,14H,1-2,7-9,13H2. The van der Waals surface area contributed by atoms with Gasteiger partial charge in [-0.05, 0) is 30.5 Å². The summed E-state index contributed by atoms with van der Waals surface area (Å²) in [4.78, 5) is 0.116. The molecule has 1 fully saturated rings. The lowest BCUT2D eigenvalue weighted by molar-refractivity contribution is 0.571. The van der Waals surface area contributed by atoms with Crippen molar-refractivity contribution in [2.24, 2.45) is 5.73 Å². The molecular weight excluding hydrogens is 300 g/mol. The number of sulfonamides is 1. The van der Waals surface area contributed by atoms with Crippen molar-refractivity contribution in [2.45, 2.75) is 29.5 Å². The van der Waals surface area contributed by atoms with E-state index >= 15 is 0 Å². The molecule has 0 aliphatic carbocycles. The Morgan fingerprint density at radius 1 is 1.25 bits per heavy atom. The predicted octanol–water partition coefficient (Wildman–Crippen LogP) is 0.000800. The van der Waals surface area contributed by atoms with Gasteiger partial charge < -0.3 is 5.73 Å². The number of sulfone groups is 1. The van der Waals surface area contributed by atoms with E-state index in [9.17, 15) is 16.8 Å². The van der Waals surface area contributed by atoms with E-state index in [0.29, 0.717) is 19.4 Å². The highest BCUT2D eigenvalue weighted by atomic mass is 32.2. The first-order valence-corrected chi connectivity index (χ1v) is 9.55. The molecule has 1 unspecified atom stereocenters. The molecule has 1 aliphatic heterocycles. The quantitative estimate of drug-likeness (QED) is 0.795. The zero-order valence-electron chi connectivity index (χ0n) is 10.9. The molecule has 0 radical (unpaired) electrons. The van der Waals surface area contributed by atoms with Crippen molar-refractivity contribution in [3.05, 3.63) is 29.8 Å². The van der Waals surface area contributed by atoms with Gasteiger partial charge in [0.2, 0.25) is 10.0 Å². The van der Waals surface area contributed by atoms with Crippen LogP contribution in [0.2, 0.25) is 0 Å². The Morgan fingerprint density at radius 2 is 1.90 bits per heavy atom. The summed E-state index contributed by atoms with van der Waals surface area (Å²) in [6, 6.07) is 6.21. The van der Waals surface area contributed by atoms with Crippen LogP contribution in [0.4, 0.5) is 0 Å². The van der Waals surface area contributed by atoms with E-state index in [1.54, 1.807) is 12.1 Å². The second kappa shape index (κ2) is 5.80. The molecule has 0 amide bonds. The van der Waals surface area contributed by atoms with Crippen molar-refractivity contribution in [1.82, 2.24) is 4.72 Å². The molecule has 1 aliphatic rings. The first-order chi connectivity index (χ1) is 9.35. The normalized spacial score (nSPS) is 21.9. The SMILES string of the molecule is NCc1ccc(S(=O)(=O)NCC2CCCS2(=O)=O)cc1. The van der Waals surface area contributed by atoms with Gasteiger partial charge in [-0.25, -0.2) is 21.6 Å². The van der Waals surface area contributed by atoms with Crippen molar-refractivity contribution >= 4 is 19.9 Å². The Morgan fingerprint density at radius 3 is 2.40 bits per heavy atom. The molecule has 1 saturated heterocycles. The lowest BCUT2D eigenvalue weighted by Gasteiger charge is -2.11. The highest BCUT2D eigenvalue weighted by molar-refractivity contribution is 7.92. The molecule has 112 valence electrons. The summed E-state index contributed by atoms with van der Waals surface area (Å²) >= 11 is 0. The summed E-state index contributed by atoms with van der Waals surface area (Å²) in [5.41, 5.74) is 6.28. The van der Waals surface area contributed by atoms with E-state index in [1.165, 1.54) is 12.1 Å². The molecule has 1 atom stereocenters. The second-order valence-electron chi connectivity index (χ2n) is 4.83. The van der Waals surface area contributed by atoms with E-state index < -0.39 is 25.1 Å². The van der Waals surface area contributed by atoms with Gasteiger partial charge in [0, 0.05) is 13.1 Å². The van der Waals surface area contributed by atoms with E-state index in [-0.39, 0.29) is 17.2 Å². The Hall–Kier alpha value is -0.960. The van der Waals surface area contributed by atoms with Crippen LogP contribution in [0, 0.1) is 0 Å². The van der Waals surface area contributed by atoms with Crippen LogP contribution in [0.15, 0.2) is 29.2 Å². The average molecular weight is 318 g/mol. The summed E-state index contributed by atoms with van der Waals surface area (Å²) in [7, 11) is -6.82. The van der Waals surface area contributed by atoms with Crippen molar-refractivity contribution in [2.75, 3.05) is 12.3 Å². The number of hydrogen-bond acceptors (Lipinski definition) is 5. The van der Waals surface area contributed by atoms with Crippen LogP contribution < -0.4 is 10.5 Å². The van der Waals surface area contributed by atoms with Crippen LogP contribution in [0.25, 0.3) is 0 Å². The summed E-state index contributed by atoms with van der Waals surface area (Å²) < 4.78 is 49.8. The summed E-state index contributed by atoms with van der Waals surface area (Å²) in [6.07, 6.45) is 1.11. The lowest BCUT2D eigenvalue weighted by atomic mass is 10.2.